The Hall–Kier alpha value is -12.4. The second kappa shape index (κ2) is 41.9. The summed E-state index contributed by atoms with van der Waals surface area (Å²) in [5.41, 5.74) is 11.1. The van der Waals surface area contributed by atoms with Crippen molar-refractivity contribution < 1.29 is 86.9 Å². The van der Waals surface area contributed by atoms with E-state index in [1.165, 1.54) is 43.0 Å². The molecule has 0 bridgehead atoms. The van der Waals surface area contributed by atoms with Crippen molar-refractivity contribution in [1.82, 2.24) is 58.1 Å². The number of carbonyl (C=O) groups is 13. The van der Waals surface area contributed by atoms with Gasteiger partial charge in [0.05, 0.1) is 42.0 Å². The van der Waals surface area contributed by atoms with Gasteiger partial charge in [-0.3, -0.25) is 63.0 Å². The molecule has 108 heavy (non-hydrogen) atoms. The van der Waals surface area contributed by atoms with Gasteiger partial charge in [-0.25, -0.2) is 14.4 Å². The Labute approximate surface area is 622 Å². The van der Waals surface area contributed by atoms with E-state index in [9.17, 15) is 82.7 Å². The number of primary amides is 1. The number of carbonyl (C=O) groups excluding carboxylic acids is 12. The lowest BCUT2D eigenvalue weighted by Crippen LogP contribution is -2.61. The monoisotopic (exact) mass is 1500 g/mol. The number of anilines is 1. The number of nitrogens with one attached hydrogen (secondary N) is 10. The van der Waals surface area contributed by atoms with Crippen LogP contribution in [0.2, 0.25) is 0 Å². The van der Waals surface area contributed by atoms with E-state index in [4.69, 9.17) is 15.2 Å². The van der Waals surface area contributed by atoms with Crippen molar-refractivity contribution in [2.75, 3.05) is 63.9 Å². The molecule has 6 rings (SSSR count). The van der Waals surface area contributed by atoms with Gasteiger partial charge in [0.25, 0.3) is 5.69 Å². The van der Waals surface area contributed by atoms with Gasteiger partial charge in [0.1, 0.15) is 56.0 Å². The summed E-state index contributed by atoms with van der Waals surface area (Å²) in [5, 5.41) is 64.0. The molecular weight excluding hydrogens is 1400 g/mol. The third kappa shape index (κ3) is 26.9. The third-order valence-corrected chi connectivity index (χ3v) is 16.9. The molecule has 35 heteroatoms. The summed E-state index contributed by atoms with van der Waals surface area (Å²) in [6.45, 7) is 7.88. The summed E-state index contributed by atoms with van der Waals surface area (Å²) in [6, 6.07) is 27.1. The lowest BCUT2D eigenvalue weighted by Gasteiger charge is -2.28. The van der Waals surface area contributed by atoms with Crippen molar-refractivity contribution in [3.05, 3.63) is 154 Å². The van der Waals surface area contributed by atoms with Crippen LogP contribution in [0.5, 0.6) is 0 Å². The lowest BCUT2D eigenvalue weighted by atomic mass is 9.98. The number of nitro benzene ring substituents is 1. The average Bonchev–Trinajstić information content (AvgIpc) is 1.62. The molecule has 14 N–H and O–H groups in total. The third-order valence-electron chi connectivity index (χ3n) is 16.9. The minimum atomic E-state index is -1.77. The molecule has 5 aromatic rings. The first kappa shape index (κ1) is 84.5. The summed E-state index contributed by atoms with van der Waals surface area (Å²) in [6.07, 6.45) is -4.76. The zero-order valence-corrected chi connectivity index (χ0v) is 60.7. The number of carboxylic acids is 1. The smallest absolute Gasteiger partial charge is 0.410 e. The standard InChI is InChI=1S/C73H92N16O19/c1-8-87(49-26-22-47(23-27-49)85-86-48-24-28-50(29-25-48)89(105)106)32-33-88(73(104)108-41-55-53-20-14-12-18-51(53)52-19-13-15-21-54(52)55)39-63(95)76-38-62(94)83-64(43(4)5)70(100)81-56(71(101)102)30-31-60(92)80-57(34-42(2)3)67(97)82-58(68(98)79-44(6)66(96)78-37-61(93)75-36-59(74)91)35-77-69(99)65(45(7)90)84-72(103)107-40-46-16-10-9-11-17-46/h9-29,42-45,55-58,64-65,90H,8,30-41H2,1-7H3,(H2,74,91)(H,75,93)(H,76,95)(H,77,99)(H,78,96)(H,79,98)(H,80,92)(H,81,100)(H,82,97)(H,83,94)(H,84,103)(H,101,102)/t44-,45+,56-,57-,58+,64-,65-/m0/s1. The van der Waals surface area contributed by atoms with Gasteiger partial charge in [0.2, 0.25) is 59.1 Å². The van der Waals surface area contributed by atoms with Crippen molar-refractivity contribution in [3.63, 3.8) is 0 Å². The van der Waals surface area contributed by atoms with E-state index in [2.05, 4.69) is 63.4 Å². The SMILES string of the molecule is CCN(CCN(CC(=O)NCC(=O)N[C@H](C(=O)N[C@@H](CCC(=O)N[C@@H](CC(C)C)C(=O)N[C@H](CNC(=O)[C@@H](NC(=O)OCc1ccccc1)[C@@H](C)O)C(=O)N[C@@H](C)C(=O)NCC(=O)NCC(N)=O)C(=O)O)C(C)C)C(=O)OCC1c2ccccc2-c2ccccc21)c1ccc(N=Nc2ccc([N+](=O)[O-])cc2)cc1. The lowest BCUT2D eigenvalue weighted by molar-refractivity contribution is -0.384. The number of likely N-dealkylation sites (N-methyl/N-ethyl adjacent to an activating group) is 1. The summed E-state index contributed by atoms with van der Waals surface area (Å²) in [7, 11) is 0. The molecule has 0 aliphatic heterocycles. The van der Waals surface area contributed by atoms with Crippen LogP contribution in [0.1, 0.15) is 90.3 Å². The predicted octanol–water partition coefficient (Wildman–Crippen LogP) is 2.72. The number of ether oxygens (including phenoxy) is 2. The van der Waals surface area contributed by atoms with E-state index >= 15 is 0 Å². The topological polar surface area (TPSA) is 501 Å². The van der Waals surface area contributed by atoms with E-state index in [0.29, 0.717) is 23.5 Å². The van der Waals surface area contributed by atoms with Crippen molar-refractivity contribution in [2.24, 2.45) is 27.8 Å². The van der Waals surface area contributed by atoms with Gasteiger partial charge in [0.15, 0.2) is 0 Å². The molecule has 0 saturated carbocycles. The fraction of sp³-hybridized carbons (Fsp3) is 0.411. The number of carboxylic acid groups (broad SMARTS) is 1. The Balaban J connectivity index is 1.07. The second-order valence-corrected chi connectivity index (χ2v) is 26.0. The number of benzene rings is 5. The minimum absolute atomic E-state index is 0.0460. The molecule has 0 aromatic heterocycles. The number of hydrogen-bond acceptors (Lipinski definition) is 21. The Morgan fingerprint density at radius 3 is 1.72 bits per heavy atom. The number of amides is 12. The zero-order valence-electron chi connectivity index (χ0n) is 60.7. The van der Waals surface area contributed by atoms with Crippen molar-refractivity contribution in [2.45, 2.75) is 123 Å². The molecule has 5 aromatic carbocycles. The molecule has 0 saturated heterocycles. The Morgan fingerprint density at radius 1 is 0.574 bits per heavy atom. The molecule has 0 fully saturated rings. The van der Waals surface area contributed by atoms with Gasteiger partial charge in [0, 0.05) is 56.3 Å². The Bertz CT molecular complexity index is 3990. The van der Waals surface area contributed by atoms with Crippen LogP contribution in [0.15, 0.2) is 138 Å². The molecule has 578 valence electrons. The summed E-state index contributed by atoms with van der Waals surface area (Å²) < 4.78 is 11.2. The first-order valence-electron chi connectivity index (χ1n) is 34.8. The molecule has 1 aliphatic rings. The largest absolute Gasteiger partial charge is 0.480 e. The predicted molar refractivity (Wildman–Crippen MR) is 391 cm³/mol. The van der Waals surface area contributed by atoms with E-state index < -0.39 is 176 Å². The highest BCUT2D eigenvalue weighted by Gasteiger charge is 2.35. The number of aliphatic carboxylic acids is 1. The van der Waals surface area contributed by atoms with Gasteiger partial charge >= 0.3 is 18.2 Å². The van der Waals surface area contributed by atoms with Gasteiger partial charge in [-0.05, 0) is 110 Å². The number of aliphatic hydroxyl groups is 1. The van der Waals surface area contributed by atoms with E-state index in [1.54, 1.807) is 82.3 Å². The number of aliphatic hydroxyl groups excluding tert-OH is 1. The number of azo groups is 1. The average molecular weight is 1500 g/mol. The summed E-state index contributed by atoms with van der Waals surface area (Å²) >= 11 is 0. The van der Waals surface area contributed by atoms with E-state index in [1.807, 2.05) is 60.4 Å². The fourth-order valence-corrected chi connectivity index (χ4v) is 11.1. The minimum Gasteiger partial charge on any atom is -0.480 e. The van der Waals surface area contributed by atoms with Crippen LogP contribution in [0.3, 0.4) is 0 Å². The molecule has 0 spiro atoms. The van der Waals surface area contributed by atoms with Crippen molar-refractivity contribution >= 4 is 100.0 Å². The van der Waals surface area contributed by atoms with Crippen LogP contribution in [0.25, 0.3) is 11.1 Å². The quantitative estimate of drug-likeness (QED) is 0.0152. The number of rotatable bonds is 41. The van der Waals surface area contributed by atoms with Crippen molar-refractivity contribution in [3.8, 4) is 11.1 Å². The van der Waals surface area contributed by atoms with Crippen LogP contribution in [0, 0.1) is 22.0 Å². The molecule has 0 unspecified atom stereocenters. The number of fused-ring (bicyclic) bond motifs is 3. The first-order chi connectivity index (χ1) is 51.4. The molecule has 0 heterocycles. The van der Waals surface area contributed by atoms with Crippen LogP contribution >= 0.6 is 0 Å². The van der Waals surface area contributed by atoms with Crippen LogP contribution in [0.4, 0.5) is 32.3 Å². The highest BCUT2D eigenvalue weighted by Crippen LogP contribution is 2.44. The number of non-ortho nitro benzene ring substituents is 1. The Kier molecular flexibility index (Phi) is 32.8. The maximum atomic E-state index is 14.2. The molecule has 12 amide bonds. The normalized spacial score (nSPS) is 13.4. The number of nitro groups is 1. The van der Waals surface area contributed by atoms with E-state index in [-0.39, 0.29) is 50.2 Å². The highest BCUT2D eigenvalue weighted by molar-refractivity contribution is 5.97. The van der Waals surface area contributed by atoms with Gasteiger partial charge in [-0.1, -0.05) is 107 Å². The maximum Gasteiger partial charge on any atom is 0.410 e. The number of alkyl carbamates (subject to hydrolysis) is 1. The van der Waals surface area contributed by atoms with Crippen LogP contribution in [-0.4, -0.2) is 199 Å². The number of nitrogens with two attached hydrogens (primary N) is 1. The summed E-state index contributed by atoms with van der Waals surface area (Å²) in [5.74, 6) is -12.2. The summed E-state index contributed by atoms with van der Waals surface area (Å²) in [4.78, 5) is 186. The first-order valence-corrected chi connectivity index (χ1v) is 34.8. The van der Waals surface area contributed by atoms with Crippen LogP contribution in [-0.2, 0) is 68.8 Å². The Morgan fingerprint density at radius 2 is 1.15 bits per heavy atom. The van der Waals surface area contributed by atoms with E-state index in [0.717, 1.165) is 27.9 Å². The van der Waals surface area contributed by atoms with Crippen molar-refractivity contribution in [1.29, 1.82) is 0 Å². The second-order valence-electron chi connectivity index (χ2n) is 26.0. The molecular formula is C73H92N16O19. The number of nitrogens with zero attached hydrogens (tertiary/aromatic N) is 5. The van der Waals surface area contributed by atoms with Gasteiger partial charge < -0.3 is 83.5 Å². The fourth-order valence-electron chi connectivity index (χ4n) is 11.1. The highest BCUT2D eigenvalue weighted by atomic mass is 16.6. The zero-order chi connectivity index (χ0) is 79.1. The van der Waals surface area contributed by atoms with Crippen LogP contribution < -0.4 is 63.8 Å². The molecule has 0 radical (unpaired) electrons. The molecule has 7 atom stereocenters. The number of hydrogen-bond donors (Lipinski definition) is 13. The van der Waals surface area contributed by atoms with Gasteiger partial charge in [-0.15, -0.1) is 0 Å². The molecule has 35 nitrogen and oxygen atoms in total. The molecule has 1 aliphatic carbocycles. The van der Waals surface area contributed by atoms with Gasteiger partial charge in [-0.2, -0.15) is 10.2 Å². The maximum absolute atomic E-state index is 14.2.